The fourth-order valence-corrected chi connectivity index (χ4v) is 4.68. The van der Waals surface area contributed by atoms with E-state index in [-0.39, 0.29) is 0 Å². The molecule has 4 rings (SSSR count). The number of nitrogens with zero attached hydrogens (tertiary/aromatic N) is 4. The highest BCUT2D eigenvalue weighted by Gasteiger charge is 2.44. The van der Waals surface area contributed by atoms with E-state index < -0.39 is 0 Å². The molecule has 0 amide bonds. The van der Waals surface area contributed by atoms with Crippen molar-refractivity contribution in [2.24, 2.45) is 4.99 Å². The highest BCUT2D eigenvalue weighted by molar-refractivity contribution is 8.01. The molecule has 27 heavy (non-hydrogen) atoms. The Kier molecular flexibility index (Phi) is 5.69. The maximum atomic E-state index is 4.93. The normalized spacial score (nSPS) is 19.9. The van der Waals surface area contributed by atoms with E-state index in [1.54, 1.807) is 6.26 Å². The van der Waals surface area contributed by atoms with Gasteiger partial charge in [0.2, 0.25) is 0 Å². The van der Waals surface area contributed by atoms with E-state index >= 15 is 0 Å². The Bertz CT molecular complexity index is 737. The lowest BCUT2D eigenvalue weighted by molar-refractivity contribution is 0.169. The number of thioether (sulfide) groups is 1. The summed E-state index contributed by atoms with van der Waals surface area (Å²) >= 11 is 2.00. The molecule has 0 atom stereocenters. The van der Waals surface area contributed by atoms with Crippen LogP contribution in [0.1, 0.15) is 18.5 Å². The van der Waals surface area contributed by atoms with Crippen molar-refractivity contribution in [2.45, 2.75) is 29.0 Å². The quantitative estimate of drug-likeness (QED) is 0.609. The minimum Gasteiger partial charge on any atom is -0.364 e. The second-order valence-electron chi connectivity index (χ2n) is 7.25. The molecule has 2 aliphatic rings. The van der Waals surface area contributed by atoms with Gasteiger partial charge < -0.3 is 14.7 Å². The van der Waals surface area contributed by atoms with Crippen molar-refractivity contribution < 1.29 is 4.52 Å². The maximum Gasteiger partial charge on any atom is 0.193 e. The van der Waals surface area contributed by atoms with Gasteiger partial charge in [-0.05, 0) is 25.0 Å². The van der Waals surface area contributed by atoms with Gasteiger partial charge in [-0.3, -0.25) is 9.89 Å². The van der Waals surface area contributed by atoms with Crippen molar-refractivity contribution in [3.8, 4) is 0 Å². The second kappa shape index (κ2) is 8.35. The molecule has 2 heterocycles. The maximum absolute atomic E-state index is 4.93. The van der Waals surface area contributed by atoms with Crippen LogP contribution in [-0.4, -0.2) is 65.4 Å². The average Bonchev–Trinajstić information content (AvgIpc) is 3.26. The third-order valence-corrected chi connectivity index (χ3v) is 6.71. The van der Waals surface area contributed by atoms with Gasteiger partial charge in [-0.1, -0.05) is 23.4 Å². The SMILES string of the molecule is CN=C(NCC1(Sc2ccccc2)CC1)N1CCN(Cc2ccon2)CC1. The molecule has 0 radical (unpaired) electrons. The van der Waals surface area contributed by atoms with Gasteiger partial charge >= 0.3 is 0 Å². The molecule has 0 bridgehead atoms. The molecule has 1 aliphatic heterocycles. The molecule has 2 aromatic rings. The van der Waals surface area contributed by atoms with Gasteiger partial charge in [0, 0.05) is 62.0 Å². The first-order valence-corrected chi connectivity index (χ1v) is 10.4. The summed E-state index contributed by atoms with van der Waals surface area (Å²) in [5.74, 6) is 1.02. The number of aromatic nitrogens is 1. The van der Waals surface area contributed by atoms with Crippen molar-refractivity contribution in [2.75, 3.05) is 39.8 Å². The topological polar surface area (TPSA) is 56.9 Å². The molecule has 6 nitrogen and oxygen atoms in total. The molecule has 1 saturated carbocycles. The summed E-state index contributed by atoms with van der Waals surface area (Å²) in [7, 11) is 1.88. The van der Waals surface area contributed by atoms with Crippen LogP contribution in [-0.2, 0) is 6.54 Å². The highest BCUT2D eigenvalue weighted by Crippen LogP contribution is 2.51. The Balaban J connectivity index is 1.25. The largest absolute Gasteiger partial charge is 0.364 e. The van der Waals surface area contributed by atoms with Crippen LogP contribution in [0.3, 0.4) is 0 Å². The van der Waals surface area contributed by atoms with Crippen LogP contribution in [0.25, 0.3) is 0 Å². The van der Waals surface area contributed by atoms with Crippen LogP contribution < -0.4 is 5.32 Å². The zero-order chi connectivity index (χ0) is 18.5. The number of aliphatic imine (C=N–C) groups is 1. The van der Waals surface area contributed by atoms with E-state index in [4.69, 9.17) is 4.52 Å². The Morgan fingerprint density at radius 1 is 1.19 bits per heavy atom. The van der Waals surface area contributed by atoms with Crippen molar-refractivity contribution in [1.82, 2.24) is 20.3 Å². The molecule has 1 aromatic heterocycles. The third-order valence-electron chi connectivity index (χ3n) is 5.21. The number of nitrogens with one attached hydrogen (secondary N) is 1. The van der Waals surface area contributed by atoms with Crippen LogP contribution in [0, 0.1) is 0 Å². The smallest absolute Gasteiger partial charge is 0.193 e. The summed E-state index contributed by atoms with van der Waals surface area (Å²) < 4.78 is 5.25. The molecule has 0 unspecified atom stereocenters. The minimum atomic E-state index is 0.325. The van der Waals surface area contributed by atoms with E-state index in [9.17, 15) is 0 Å². The Morgan fingerprint density at radius 2 is 1.96 bits per heavy atom. The van der Waals surface area contributed by atoms with Crippen molar-refractivity contribution >= 4 is 17.7 Å². The molecular weight excluding hydrogens is 358 g/mol. The van der Waals surface area contributed by atoms with E-state index in [0.717, 1.165) is 50.9 Å². The number of rotatable bonds is 6. The number of piperazine rings is 1. The van der Waals surface area contributed by atoms with Crippen molar-refractivity contribution in [3.63, 3.8) is 0 Å². The van der Waals surface area contributed by atoms with Gasteiger partial charge in [-0.15, -0.1) is 11.8 Å². The fourth-order valence-electron chi connectivity index (χ4n) is 3.43. The average molecular weight is 386 g/mol. The van der Waals surface area contributed by atoms with Crippen LogP contribution in [0.2, 0.25) is 0 Å². The van der Waals surface area contributed by atoms with E-state index in [1.807, 2.05) is 24.9 Å². The zero-order valence-electron chi connectivity index (χ0n) is 15.8. The molecule has 7 heteroatoms. The van der Waals surface area contributed by atoms with E-state index in [2.05, 4.69) is 55.6 Å². The van der Waals surface area contributed by atoms with Crippen LogP contribution in [0.5, 0.6) is 0 Å². The first-order valence-electron chi connectivity index (χ1n) is 9.58. The summed E-state index contributed by atoms with van der Waals surface area (Å²) in [6.07, 6.45) is 4.17. The van der Waals surface area contributed by atoms with Gasteiger partial charge in [0.1, 0.15) is 6.26 Å². The van der Waals surface area contributed by atoms with Crippen LogP contribution in [0.4, 0.5) is 0 Å². The van der Waals surface area contributed by atoms with E-state index in [0.29, 0.717) is 4.75 Å². The summed E-state index contributed by atoms with van der Waals surface area (Å²) in [5, 5.41) is 7.64. The summed E-state index contributed by atoms with van der Waals surface area (Å²) in [6, 6.07) is 12.6. The first-order chi connectivity index (χ1) is 13.3. The number of benzene rings is 1. The molecule has 1 aromatic carbocycles. The van der Waals surface area contributed by atoms with Gasteiger partial charge in [0.15, 0.2) is 5.96 Å². The van der Waals surface area contributed by atoms with Crippen LogP contribution in [0.15, 0.2) is 57.1 Å². The van der Waals surface area contributed by atoms with E-state index in [1.165, 1.54) is 17.7 Å². The molecule has 1 saturated heterocycles. The molecule has 1 N–H and O–H groups in total. The fraction of sp³-hybridized carbons (Fsp3) is 0.500. The molecular formula is C20H27N5OS. The predicted molar refractivity (Wildman–Crippen MR) is 109 cm³/mol. The lowest BCUT2D eigenvalue weighted by Gasteiger charge is -2.36. The van der Waals surface area contributed by atoms with Crippen LogP contribution >= 0.6 is 11.8 Å². The lowest BCUT2D eigenvalue weighted by atomic mass is 10.3. The highest BCUT2D eigenvalue weighted by atomic mass is 32.2. The summed E-state index contributed by atoms with van der Waals surface area (Å²) in [5.41, 5.74) is 1.000. The number of guanidine groups is 1. The monoisotopic (exact) mass is 385 g/mol. The summed E-state index contributed by atoms with van der Waals surface area (Å²) in [4.78, 5) is 10.7. The standard InChI is InChI=1S/C20H27N5OS/c1-21-19(22-16-20(8-9-20)27-18-5-3-2-4-6-18)25-12-10-24(11-13-25)15-17-7-14-26-23-17/h2-7,14H,8-13,15-16H2,1H3,(H,21,22). The minimum absolute atomic E-state index is 0.325. The Hall–Kier alpha value is -1.99. The Morgan fingerprint density at radius 3 is 2.59 bits per heavy atom. The number of hydrogen-bond donors (Lipinski definition) is 1. The second-order valence-corrected chi connectivity index (χ2v) is 8.79. The third kappa shape index (κ3) is 4.84. The lowest BCUT2D eigenvalue weighted by Crippen LogP contribution is -2.53. The Labute approximate surface area is 165 Å². The first kappa shape index (κ1) is 18.4. The van der Waals surface area contributed by atoms with Crippen molar-refractivity contribution in [1.29, 1.82) is 0 Å². The van der Waals surface area contributed by atoms with Gasteiger partial charge in [0.25, 0.3) is 0 Å². The predicted octanol–water partition coefficient (Wildman–Crippen LogP) is 2.69. The van der Waals surface area contributed by atoms with Gasteiger partial charge in [0.05, 0.1) is 5.69 Å². The molecule has 1 aliphatic carbocycles. The van der Waals surface area contributed by atoms with Gasteiger partial charge in [-0.2, -0.15) is 0 Å². The molecule has 0 spiro atoms. The molecule has 144 valence electrons. The van der Waals surface area contributed by atoms with Crippen molar-refractivity contribution in [3.05, 3.63) is 48.4 Å². The van der Waals surface area contributed by atoms with Gasteiger partial charge in [-0.25, -0.2) is 0 Å². The molecule has 2 fully saturated rings. The zero-order valence-corrected chi connectivity index (χ0v) is 16.6. The number of hydrogen-bond acceptors (Lipinski definition) is 5. The summed E-state index contributed by atoms with van der Waals surface area (Å²) in [6.45, 7) is 5.81.